The van der Waals surface area contributed by atoms with E-state index in [1.54, 1.807) is 24.1 Å². The number of ether oxygens (including phenoxy) is 1. The number of aryl methyl sites for hydroxylation is 1. The van der Waals surface area contributed by atoms with Crippen molar-refractivity contribution in [1.29, 1.82) is 0 Å². The van der Waals surface area contributed by atoms with Gasteiger partial charge in [-0.25, -0.2) is 8.42 Å². The van der Waals surface area contributed by atoms with Gasteiger partial charge in [-0.15, -0.1) is 0 Å². The molecule has 7 heteroatoms. The van der Waals surface area contributed by atoms with Crippen LogP contribution >= 0.6 is 0 Å². The summed E-state index contributed by atoms with van der Waals surface area (Å²) in [6.07, 6.45) is 0. The zero-order chi connectivity index (χ0) is 19.9. The van der Waals surface area contributed by atoms with E-state index in [2.05, 4.69) is 0 Å². The Kier molecular flexibility index (Phi) is 4.89. The lowest BCUT2D eigenvalue weighted by molar-refractivity contribution is -0.123. The predicted molar refractivity (Wildman–Crippen MR) is 108 cm³/mol. The minimum absolute atomic E-state index is 0.000290. The molecule has 2 aliphatic rings. The molecule has 148 valence electrons. The Labute approximate surface area is 165 Å². The number of sulfone groups is 1. The highest BCUT2D eigenvalue weighted by atomic mass is 32.2. The molecule has 0 N–H and O–H groups in total. The van der Waals surface area contributed by atoms with Crippen molar-refractivity contribution in [3.05, 3.63) is 59.7 Å². The molecule has 28 heavy (non-hydrogen) atoms. The molecule has 0 aliphatic carbocycles. The van der Waals surface area contributed by atoms with Crippen LogP contribution in [0.1, 0.15) is 11.1 Å². The molecule has 1 amide bonds. The van der Waals surface area contributed by atoms with Crippen LogP contribution in [0.25, 0.3) is 0 Å². The number of benzene rings is 2. The summed E-state index contributed by atoms with van der Waals surface area (Å²) in [4.78, 5) is 16.7. The second-order valence-corrected chi connectivity index (χ2v) is 9.66. The second kappa shape index (κ2) is 7.22. The van der Waals surface area contributed by atoms with Crippen molar-refractivity contribution < 1.29 is 17.9 Å². The topological polar surface area (TPSA) is 66.9 Å². The SMILES string of the molecule is COc1ccc(N2C(=O)CN(Cc3ccccc3C)C3CS(=O)(=O)CC32)cc1. The number of hydrogen-bond acceptors (Lipinski definition) is 5. The average Bonchev–Trinajstić information content (AvgIpc) is 2.99. The minimum Gasteiger partial charge on any atom is -0.497 e. The molecule has 0 bridgehead atoms. The number of methoxy groups -OCH3 is 1. The molecule has 0 saturated carbocycles. The molecular formula is C21H24N2O4S. The van der Waals surface area contributed by atoms with Gasteiger partial charge in [0.1, 0.15) is 5.75 Å². The predicted octanol–water partition coefficient (Wildman–Crippen LogP) is 2.02. The third-order valence-corrected chi connectivity index (χ3v) is 7.39. The van der Waals surface area contributed by atoms with Crippen LogP contribution in [0.2, 0.25) is 0 Å². The van der Waals surface area contributed by atoms with E-state index in [4.69, 9.17) is 4.74 Å². The number of hydrogen-bond donors (Lipinski definition) is 0. The highest BCUT2D eigenvalue weighted by molar-refractivity contribution is 7.91. The molecule has 2 fully saturated rings. The van der Waals surface area contributed by atoms with Crippen molar-refractivity contribution in [1.82, 2.24) is 4.90 Å². The van der Waals surface area contributed by atoms with Crippen molar-refractivity contribution in [2.24, 2.45) is 0 Å². The van der Waals surface area contributed by atoms with Gasteiger partial charge in [-0.3, -0.25) is 9.69 Å². The van der Waals surface area contributed by atoms with Crippen LogP contribution in [0, 0.1) is 6.92 Å². The number of fused-ring (bicyclic) bond motifs is 1. The second-order valence-electron chi connectivity index (χ2n) is 7.50. The number of carbonyl (C=O) groups excluding carboxylic acids is 1. The van der Waals surface area contributed by atoms with Gasteiger partial charge in [-0.2, -0.15) is 0 Å². The Bertz CT molecular complexity index is 988. The fourth-order valence-corrected chi connectivity index (χ4v) is 6.20. The number of nitrogens with zero attached hydrogens (tertiary/aromatic N) is 2. The highest BCUT2D eigenvalue weighted by Crippen LogP contribution is 2.33. The van der Waals surface area contributed by atoms with Crippen LogP contribution in [0.15, 0.2) is 48.5 Å². The third-order valence-electron chi connectivity index (χ3n) is 5.69. The lowest BCUT2D eigenvalue weighted by Crippen LogP contribution is -2.61. The number of piperazine rings is 1. The number of anilines is 1. The molecule has 2 unspecified atom stereocenters. The highest BCUT2D eigenvalue weighted by Gasteiger charge is 2.49. The first-order valence-corrected chi connectivity index (χ1v) is 11.2. The largest absolute Gasteiger partial charge is 0.497 e. The monoisotopic (exact) mass is 400 g/mol. The molecule has 0 aromatic heterocycles. The van der Waals surface area contributed by atoms with Crippen molar-refractivity contribution in [2.45, 2.75) is 25.6 Å². The van der Waals surface area contributed by atoms with Gasteiger partial charge in [-0.05, 0) is 42.3 Å². The van der Waals surface area contributed by atoms with Crippen LogP contribution in [0.4, 0.5) is 5.69 Å². The van der Waals surface area contributed by atoms with Crippen LogP contribution < -0.4 is 9.64 Å². The Balaban J connectivity index is 1.66. The molecule has 2 aromatic rings. The standard InChI is InChI=1S/C21H24N2O4S/c1-15-5-3-4-6-16(15)11-22-12-21(24)23(17-7-9-18(27-2)10-8-17)20-14-28(25,26)13-19(20)22/h3-10,19-20H,11-14H2,1-2H3. The summed E-state index contributed by atoms with van der Waals surface area (Å²) in [5, 5.41) is 0. The zero-order valence-electron chi connectivity index (χ0n) is 16.0. The molecule has 4 rings (SSSR count). The first-order chi connectivity index (χ1) is 13.4. The first kappa shape index (κ1) is 19.0. The summed E-state index contributed by atoms with van der Waals surface area (Å²) >= 11 is 0. The Hall–Kier alpha value is -2.38. The lowest BCUT2D eigenvalue weighted by Gasteiger charge is -2.43. The Morgan fingerprint density at radius 2 is 1.71 bits per heavy atom. The van der Waals surface area contributed by atoms with E-state index < -0.39 is 9.84 Å². The van der Waals surface area contributed by atoms with E-state index in [1.807, 2.05) is 48.2 Å². The van der Waals surface area contributed by atoms with E-state index in [-0.39, 0.29) is 36.0 Å². The molecule has 2 aliphatic heterocycles. The fourth-order valence-electron chi connectivity index (χ4n) is 4.22. The van der Waals surface area contributed by atoms with E-state index in [0.717, 1.165) is 11.1 Å². The summed E-state index contributed by atoms with van der Waals surface area (Å²) in [7, 11) is -1.61. The maximum absolute atomic E-state index is 13.0. The van der Waals surface area contributed by atoms with Gasteiger partial charge in [0.15, 0.2) is 9.84 Å². The third kappa shape index (κ3) is 3.52. The lowest BCUT2D eigenvalue weighted by atomic mass is 10.0. The summed E-state index contributed by atoms with van der Waals surface area (Å²) in [6.45, 7) is 2.82. The van der Waals surface area contributed by atoms with Gasteiger partial charge in [0.25, 0.3) is 0 Å². The summed E-state index contributed by atoms with van der Waals surface area (Å²) in [5.41, 5.74) is 2.98. The molecule has 2 atom stereocenters. The van der Waals surface area contributed by atoms with Crippen molar-refractivity contribution >= 4 is 21.4 Å². The van der Waals surface area contributed by atoms with Crippen molar-refractivity contribution in [3.8, 4) is 5.75 Å². The summed E-state index contributed by atoms with van der Waals surface area (Å²) in [5.74, 6) is 0.713. The molecular weight excluding hydrogens is 376 g/mol. The van der Waals surface area contributed by atoms with Gasteiger partial charge in [0.05, 0.1) is 31.2 Å². The van der Waals surface area contributed by atoms with Gasteiger partial charge >= 0.3 is 0 Å². The number of rotatable bonds is 4. The van der Waals surface area contributed by atoms with E-state index in [9.17, 15) is 13.2 Å². The van der Waals surface area contributed by atoms with Crippen LogP contribution in [0.3, 0.4) is 0 Å². The zero-order valence-corrected chi connectivity index (χ0v) is 16.9. The van der Waals surface area contributed by atoms with Crippen LogP contribution in [-0.4, -0.2) is 56.5 Å². The molecule has 0 radical (unpaired) electrons. The van der Waals surface area contributed by atoms with E-state index in [1.165, 1.54) is 0 Å². The summed E-state index contributed by atoms with van der Waals surface area (Å²) in [6, 6.07) is 14.7. The van der Waals surface area contributed by atoms with Crippen molar-refractivity contribution in [2.75, 3.05) is 30.1 Å². The molecule has 2 aromatic carbocycles. The smallest absolute Gasteiger partial charge is 0.241 e. The Morgan fingerprint density at radius 1 is 1.04 bits per heavy atom. The molecule has 2 saturated heterocycles. The fraction of sp³-hybridized carbons (Fsp3) is 0.381. The van der Waals surface area contributed by atoms with Crippen molar-refractivity contribution in [3.63, 3.8) is 0 Å². The maximum atomic E-state index is 13.0. The van der Waals surface area contributed by atoms with Crippen LogP contribution in [0.5, 0.6) is 5.75 Å². The molecule has 2 heterocycles. The quantitative estimate of drug-likeness (QED) is 0.786. The van der Waals surface area contributed by atoms with Gasteiger partial charge in [0.2, 0.25) is 5.91 Å². The Morgan fingerprint density at radius 3 is 2.39 bits per heavy atom. The first-order valence-electron chi connectivity index (χ1n) is 9.33. The molecule has 6 nitrogen and oxygen atoms in total. The maximum Gasteiger partial charge on any atom is 0.241 e. The van der Waals surface area contributed by atoms with Crippen LogP contribution in [-0.2, 0) is 21.2 Å². The minimum atomic E-state index is -3.20. The van der Waals surface area contributed by atoms with Gasteiger partial charge in [0, 0.05) is 18.3 Å². The number of amides is 1. The van der Waals surface area contributed by atoms with Gasteiger partial charge in [-0.1, -0.05) is 24.3 Å². The normalized spacial score (nSPS) is 24.2. The molecule has 0 spiro atoms. The number of carbonyl (C=O) groups is 1. The van der Waals surface area contributed by atoms with E-state index in [0.29, 0.717) is 18.0 Å². The van der Waals surface area contributed by atoms with E-state index >= 15 is 0 Å². The van der Waals surface area contributed by atoms with Gasteiger partial charge < -0.3 is 9.64 Å². The average molecular weight is 401 g/mol. The summed E-state index contributed by atoms with van der Waals surface area (Å²) < 4.78 is 30.1.